The zero-order valence-corrected chi connectivity index (χ0v) is 8.88. The van der Waals surface area contributed by atoms with E-state index >= 15 is 0 Å². The van der Waals surface area contributed by atoms with Crippen LogP contribution >= 0.6 is 27.3 Å². The third kappa shape index (κ3) is 1.71. The third-order valence-electron chi connectivity index (χ3n) is 1.71. The van der Waals surface area contributed by atoms with Crippen molar-refractivity contribution in [2.75, 3.05) is 5.33 Å². The first-order valence-electron chi connectivity index (χ1n) is 3.30. The lowest BCUT2D eigenvalue weighted by molar-refractivity contribution is 0.102. The van der Waals surface area contributed by atoms with Gasteiger partial charge in [0.1, 0.15) is 0 Å². The van der Waals surface area contributed by atoms with Gasteiger partial charge in [-0.3, -0.25) is 4.79 Å². The zero-order chi connectivity index (χ0) is 8.43. The molecule has 0 saturated carbocycles. The lowest BCUT2D eigenvalue weighted by Crippen LogP contribution is -1.99. The Bertz CT molecular complexity index is 278. The van der Waals surface area contributed by atoms with Gasteiger partial charge in [0.2, 0.25) is 0 Å². The van der Waals surface area contributed by atoms with E-state index in [4.69, 9.17) is 0 Å². The lowest BCUT2D eigenvalue weighted by atomic mass is 10.1. The first kappa shape index (κ1) is 8.94. The van der Waals surface area contributed by atoms with Crippen LogP contribution in [0.25, 0.3) is 0 Å². The molecule has 1 nitrogen and oxygen atoms in total. The number of rotatable bonds is 2. The molecular weight excluding hydrogens is 224 g/mol. The molecule has 0 amide bonds. The molecule has 0 aromatic carbocycles. The van der Waals surface area contributed by atoms with Gasteiger partial charge in [0.15, 0.2) is 5.78 Å². The highest BCUT2D eigenvalue weighted by molar-refractivity contribution is 9.09. The van der Waals surface area contributed by atoms with Crippen LogP contribution in [0.3, 0.4) is 0 Å². The molecule has 1 aromatic rings. The van der Waals surface area contributed by atoms with Gasteiger partial charge in [-0.05, 0) is 19.4 Å². The standard InChI is InChI=1S/C8H9BrOS/c1-5-6(2)11-4-7(5)8(10)3-9/h4H,3H2,1-2H3. The smallest absolute Gasteiger partial charge is 0.174 e. The Hall–Kier alpha value is -0.150. The Balaban J connectivity index is 3.04. The van der Waals surface area contributed by atoms with Crippen molar-refractivity contribution >= 4 is 33.0 Å². The predicted molar refractivity (Wildman–Crippen MR) is 51.9 cm³/mol. The van der Waals surface area contributed by atoms with Gasteiger partial charge in [-0.2, -0.15) is 0 Å². The number of alkyl halides is 1. The molecule has 0 aliphatic heterocycles. The van der Waals surface area contributed by atoms with Crippen LogP contribution in [0.5, 0.6) is 0 Å². The second kappa shape index (κ2) is 3.50. The molecule has 0 N–H and O–H groups in total. The number of ketones is 1. The monoisotopic (exact) mass is 232 g/mol. The second-order valence-corrected chi connectivity index (χ2v) is 4.03. The van der Waals surface area contributed by atoms with Gasteiger partial charge in [-0.1, -0.05) is 15.9 Å². The molecule has 0 spiro atoms. The minimum absolute atomic E-state index is 0.173. The van der Waals surface area contributed by atoms with Gasteiger partial charge in [0.05, 0.1) is 5.33 Å². The van der Waals surface area contributed by atoms with Crippen molar-refractivity contribution in [3.8, 4) is 0 Å². The first-order chi connectivity index (χ1) is 5.16. The van der Waals surface area contributed by atoms with Crippen molar-refractivity contribution in [2.45, 2.75) is 13.8 Å². The summed E-state index contributed by atoms with van der Waals surface area (Å²) in [4.78, 5) is 12.4. The molecule has 3 heteroatoms. The van der Waals surface area contributed by atoms with Crippen LogP contribution in [-0.4, -0.2) is 11.1 Å². The van der Waals surface area contributed by atoms with E-state index in [9.17, 15) is 4.79 Å². The predicted octanol–water partition coefficient (Wildman–Crippen LogP) is 2.94. The summed E-state index contributed by atoms with van der Waals surface area (Å²) < 4.78 is 0. The van der Waals surface area contributed by atoms with Gasteiger partial charge in [0.25, 0.3) is 0 Å². The highest BCUT2D eigenvalue weighted by Crippen LogP contribution is 2.21. The minimum Gasteiger partial charge on any atom is -0.293 e. The molecule has 1 aromatic heterocycles. The molecule has 0 saturated heterocycles. The summed E-state index contributed by atoms with van der Waals surface area (Å²) in [6, 6.07) is 0. The normalized spacial score (nSPS) is 10.1. The average Bonchev–Trinajstić information content (AvgIpc) is 2.32. The summed E-state index contributed by atoms with van der Waals surface area (Å²) in [6.07, 6.45) is 0. The Morgan fingerprint density at radius 1 is 1.64 bits per heavy atom. The Morgan fingerprint density at radius 3 is 2.64 bits per heavy atom. The maximum Gasteiger partial charge on any atom is 0.174 e. The minimum atomic E-state index is 0.173. The molecule has 0 unspecified atom stereocenters. The van der Waals surface area contributed by atoms with E-state index in [2.05, 4.69) is 15.9 Å². The number of thiophene rings is 1. The maximum absolute atomic E-state index is 11.2. The quantitative estimate of drug-likeness (QED) is 0.567. The molecular formula is C8H9BrOS. The summed E-state index contributed by atoms with van der Waals surface area (Å²) in [7, 11) is 0. The van der Waals surface area contributed by atoms with Crippen molar-refractivity contribution in [1.82, 2.24) is 0 Å². The number of halogens is 1. The van der Waals surface area contributed by atoms with Gasteiger partial charge in [-0.25, -0.2) is 0 Å². The molecule has 0 bridgehead atoms. The molecule has 0 fully saturated rings. The van der Waals surface area contributed by atoms with Crippen LogP contribution in [0, 0.1) is 13.8 Å². The van der Waals surface area contributed by atoms with E-state index in [-0.39, 0.29) is 5.78 Å². The SMILES string of the molecule is Cc1scc(C(=O)CBr)c1C. The van der Waals surface area contributed by atoms with Crippen molar-refractivity contribution in [3.05, 3.63) is 21.4 Å². The van der Waals surface area contributed by atoms with Gasteiger partial charge in [-0.15, -0.1) is 11.3 Å². The molecule has 11 heavy (non-hydrogen) atoms. The number of aryl methyl sites for hydroxylation is 1. The summed E-state index contributed by atoms with van der Waals surface area (Å²) in [5.74, 6) is 0.173. The average molecular weight is 233 g/mol. The van der Waals surface area contributed by atoms with Crippen molar-refractivity contribution in [1.29, 1.82) is 0 Å². The molecule has 0 aliphatic carbocycles. The Labute approximate surface area is 78.6 Å². The first-order valence-corrected chi connectivity index (χ1v) is 5.30. The van der Waals surface area contributed by atoms with Crippen LogP contribution < -0.4 is 0 Å². The van der Waals surface area contributed by atoms with Crippen LogP contribution in [0.15, 0.2) is 5.38 Å². The summed E-state index contributed by atoms with van der Waals surface area (Å²) >= 11 is 4.78. The van der Waals surface area contributed by atoms with E-state index in [1.165, 1.54) is 4.88 Å². The summed E-state index contributed by atoms with van der Waals surface area (Å²) in [5.41, 5.74) is 1.99. The fourth-order valence-electron chi connectivity index (χ4n) is 0.861. The highest BCUT2D eigenvalue weighted by atomic mass is 79.9. The summed E-state index contributed by atoms with van der Waals surface area (Å²) in [6.45, 7) is 4.02. The summed E-state index contributed by atoms with van der Waals surface area (Å²) in [5, 5.41) is 2.35. The molecule has 1 rings (SSSR count). The van der Waals surface area contributed by atoms with E-state index < -0.39 is 0 Å². The third-order valence-corrected chi connectivity index (χ3v) is 3.23. The number of hydrogen-bond donors (Lipinski definition) is 0. The van der Waals surface area contributed by atoms with Gasteiger partial charge in [0, 0.05) is 15.8 Å². The number of hydrogen-bond acceptors (Lipinski definition) is 2. The van der Waals surface area contributed by atoms with Gasteiger partial charge >= 0.3 is 0 Å². The van der Waals surface area contributed by atoms with Gasteiger partial charge < -0.3 is 0 Å². The van der Waals surface area contributed by atoms with Crippen LogP contribution in [0.4, 0.5) is 0 Å². The van der Waals surface area contributed by atoms with E-state index in [0.29, 0.717) is 5.33 Å². The molecule has 0 radical (unpaired) electrons. The van der Waals surface area contributed by atoms with E-state index in [1.807, 2.05) is 19.2 Å². The largest absolute Gasteiger partial charge is 0.293 e. The number of Topliss-reactive ketones (excluding diaryl/α,β-unsaturated/α-hetero) is 1. The maximum atomic E-state index is 11.2. The van der Waals surface area contributed by atoms with Crippen LogP contribution in [-0.2, 0) is 0 Å². The molecule has 0 aliphatic rings. The van der Waals surface area contributed by atoms with E-state index in [1.54, 1.807) is 11.3 Å². The fraction of sp³-hybridized carbons (Fsp3) is 0.375. The van der Waals surface area contributed by atoms with Crippen LogP contribution in [0.2, 0.25) is 0 Å². The second-order valence-electron chi connectivity index (χ2n) is 2.39. The van der Waals surface area contributed by atoms with Crippen molar-refractivity contribution in [2.24, 2.45) is 0 Å². The number of carbonyl (C=O) groups excluding carboxylic acids is 1. The number of carbonyl (C=O) groups is 1. The highest BCUT2D eigenvalue weighted by Gasteiger charge is 2.10. The van der Waals surface area contributed by atoms with E-state index in [0.717, 1.165) is 11.1 Å². The zero-order valence-electron chi connectivity index (χ0n) is 6.48. The molecule has 0 atom stereocenters. The van der Waals surface area contributed by atoms with Crippen LogP contribution in [0.1, 0.15) is 20.8 Å². The fourth-order valence-corrected chi connectivity index (χ4v) is 2.05. The van der Waals surface area contributed by atoms with Crippen molar-refractivity contribution in [3.63, 3.8) is 0 Å². The topological polar surface area (TPSA) is 17.1 Å². The van der Waals surface area contributed by atoms with Crippen molar-refractivity contribution < 1.29 is 4.79 Å². The lowest BCUT2D eigenvalue weighted by Gasteiger charge is -1.94. The molecule has 1 heterocycles. The Morgan fingerprint density at radius 2 is 2.27 bits per heavy atom. The molecule has 60 valence electrons. The Kier molecular flexibility index (Phi) is 2.84.